The van der Waals surface area contributed by atoms with Crippen LogP contribution in [0.5, 0.6) is 0 Å². The maximum absolute atomic E-state index is 12.5. The second-order valence-corrected chi connectivity index (χ2v) is 12.7. The van der Waals surface area contributed by atoms with E-state index in [1.807, 2.05) is 0 Å². The molecule has 0 amide bonds. The quantitative estimate of drug-likeness (QED) is 0.0316. The number of rotatable bonds is 35. The van der Waals surface area contributed by atoms with Gasteiger partial charge in [0.15, 0.2) is 6.10 Å². The van der Waals surface area contributed by atoms with Crippen LogP contribution in [0.4, 0.5) is 0 Å². The number of hydrogen-bond acceptors (Lipinski definition) is 6. The summed E-state index contributed by atoms with van der Waals surface area (Å²) in [7, 11) is 0. The number of carbonyl (C=O) groups is 2. The Hall–Kier alpha value is -1.70. The molecule has 46 heavy (non-hydrogen) atoms. The maximum Gasteiger partial charge on any atom is 0.308 e. The molecule has 0 aliphatic rings. The first-order valence-corrected chi connectivity index (χ1v) is 19.2. The van der Waals surface area contributed by atoms with E-state index in [1.54, 1.807) is 0 Å². The van der Waals surface area contributed by atoms with Crippen LogP contribution in [0.2, 0.25) is 0 Å². The highest BCUT2D eigenvalue weighted by Gasteiger charge is 2.29. The van der Waals surface area contributed by atoms with Crippen LogP contribution in [-0.4, -0.2) is 44.1 Å². The first-order valence-electron chi connectivity index (χ1n) is 19.2. The molecule has 0 rings (SSSR count). The number of carbonyl (C=O) groups excluding carboxylic acids is 2. The van der Waals surface area contributed by atoms with Crippen LogP contribution in [0.1, 0.15) is 181 Å². The molecule has 2 N–H and O–H groups in total. The zero-order chi connectivity index (χ0) is 33.8. The van der Waals surface area contributed by atoms with Crippen LogP contribution < -0.4 is 5.73 Å². The van der Waals surface area contributed by atoms with Gasteiger partial charge in [-0.3, -0.25) is 9.59 Å². The van der Waals surface area contributed by atoms with Gasteiger partial charge >= 0.3 is 11.9 Å². The van der Waals surface area contributed by atoms with Crippen molar-refractivity contribution in [3.63, 3.8) is 0 Å². The highest BCUT2D eigenvalue weighted by atomic mass is 16.7. The Kier molecular flexibility index (Phi) is 34.8. The number of allylic oxidation sites excluding steroid dienone is 4. The largest absolute Gasteiger partial charge is 0.453 e. The molecule has 0 saturated carbocycles. The van der Waals surface area contributed by atoms with Crippen molar-refractivity contribution < 1.29 is 28.9 Å². The molecule has 7 heteroatoms. The first kappa shape index (κ1) is 44.3. The highest BCUT2D eigenvalue weighted by Crippen LogP contribution is 2.15. The predicted octanol–water partition coefficient (Wildman–Crippen LogP) is 10.5. The summed E-state index contributed by atoms with van der Waals surface area (Å²) in [5, 5.41) is 11.9. The number of nitrogens with two attached hydrogens (primary N) is 1. The van der Waals surface area contributed by atoms with Crippen molar-refractivity contribution in [3.8, 4) is 0 Å². The lowest BCUT2D eigenvalue weighted by Gasteiger charge is -2.25. The molecule has 0 spiro atoms. The van der Waals surface area contributed by atoms with Crippen molar-refractivity contribution in [1.82, 2.24) is 0 Å². The molecule has 1 radical (unpaired) electrons. The Balaban J connectivity index is 4.05. The summed E-state index contributed by atoms with van der Waals surface area (Å²) >= 11 is 0. The molecule has 7 nitrogen and oxygen atoms in total. The fourth-order valence-corrected chi connectivity index (χ4v) is 5.35. The van der Waals surface area contributed by atoms with E-state index in [0.29, 0.717) is 6.42 Å². The zero-order valence-corrected chi connectivity index (χ0v) is 30.0. The minimum atomic E-state index is -1.22. The lowest BCUT2D eigenvalue weighted by molar-refractivity contribution is -0.219. The molecule has 2 atom stereocenters. The van der Waals surface area contributed by atoms with E-state index in [1.165, 1.54) is 89.9 Å². The van der Waals surface area contributed by atoms with Crippen LogP contribution in [-0.2, 0) is 28.9 Å². The molecule has 269 valence electrons. The highest BCUT2D eigenvalue weighted by molar-refractivity contribution is 5.70. The van der Waals surface area contributed by atoms with Gasteiger partial charge in [-0.1, -0.05) is 147 Å². The first-order chi connectivity index (χ1) is 22.6. The van der Waals surface area contributed by atoms with E-state index in [2.05, 4.69) is 38.2 Å². The van der Waals surface area contributed by atoms with Crippen molar-refractivity contribution in [1.29, 1.82) is 0 Å². The molecular weight excluding hydrogens is 578 g/mol. The summed E-state index contributed by atoms with van der Waals surface area (Å²) in [6.07, 6.45) is 35.2. The zero-order valence-electron chi connectivity index (χ0n) is 30.0. The maximum atomic E-state index is 12.5. The monoisotopic (exact) mass is 651 g/mol. The van der Waals surface area contributed by atoms with Gasteiger partial charge in [0.05, 0.1) is 6.61 Å². The SMILES string of the molecule is CCCCC/C=C\C/C=C\CCCCCCCC(=O)O[C@H](C[O])C(OCCN)OC(=O)CCCCCCCCCCCCCCC. The molecule has 1 unspecified atom stereocenters. The van der Waals surface area contributed by atoms with E-state index in [0.717, 1.165) is 57.8 Å². The van der Waals surface area contributed by atoms with Gasteiger partial charge in [0.1, 0.15) is 6.61 Å². The van der Waals surface area contributed by atoms with Crippen molar-refractivity contribution in [2.75, 3.05) is 19.8 Å². The van der Waals surface area contributed by atoms with Gasteiger partial charge in [-0.2, -0.15) is 0 Å². The van der Waals surface area contributed by atoms with Crippen molar-refractivity contribution >= 4 is 11.9 Å². The molecule has 0 aliphatic heterocycles. The molecular formula is C39H72NO6. The minimum absolute atomic E-state index is 0.107. The van der Waals surface area contributed by atoms with Gasteiger partial charge in [0.25, 0.3) is 0 Å². The van der Waals surface area contributed by atoms with E-state index in [-0.39, 0.29) is 26.0 Å². The summed E-state index contributed by atoms with van der Waals surface area (Å²) in [5.41, 5.74) is 5.55. The fraction of sp³-hybridized carbons (Fsp3) is 0.846. The van der Waals surface area contributed by atoms with Crippen molar-refractivity contribution in [2.24, 2.45) is 5.73 Å². The van der Waals surface area contributed by atoms with Crippen LogP contribution in [0.3, 0.4) is 0 Å². The van der Waals surface area contributed by atoms with Gasteiger partial charge < -0.3 is 19.9 Å². The lowest BCUT2D eigenvalue weighted by atomic mass is 10.0. The van der Waals surface area contributed by atoms with Gasteiger partial charge in [-0.05, 0) is 44.9 Å². The third kappa shape index (κ3) is 30.9. The second kappa shape index (κ2) is 36.1. The Labute approximate surface area is 283 Å². The summed E-state index contributed by atoms with van der Waals surface area (Å²) in [6.45, 7) is 4.05. The minimum Gasteiger partial charge on any atom is -0.453 e. The summed E-state index contributed by atoms with van der Waals surface area (Å²) in [5.74, 6) is -0.895. The second-order valence-electron chi connectivity index (χ2n) is 12.7. The molecule has 0 heterocycles. The smallest absolute Gasteiger partial charge is 0.308 e. The molecule has 0 aromatic rings. The Morgan fingerprint density at radius 1 is 0.565 bits per heavy atom. The molecule has 0 fully saturated rings. The van der Waals surface area contributed by atoms with Gasteiger partial charge in [-0.15, -0.1) is 0 Å². The third-order valence-electron chi connectivity index (χ3n) is 8.21. The Bertz CT molecular complexity index is 725. The molecule has 0 aromatic heterocycles. The summed E-state index contributed by atoms with van der Waals surface area (Å²) < 4.78 is 16.3. The Morgan fingerprint density at radius 2 is 0.978 bits per heavy atom. The fourth-order valence-electron chi connectivity index (χ4n) is 5.35. The normalized spacial score (nSPS) is 13.0. The molecule has 0 saturated heterocycles. The van der Waals surface area contributed by atoms with Crippen LogP contribution >= 0.6 is 0 Å². The number of hydrogen-bond donors (Lipinski definition) is 1. The van der Waals surface area contributed by atoms with Crippen molar-refractivity contribution in [3.05, 3.63) is 24.3 Å². The molecule has 0 aliphatic carbocycles. The predicted molar refractivity (Wildman–Crippen MR) is 190 cm³/mol. The average molecular weight is 651 g/mol. The van der Waals surface area contributed by atoms with E-state index in [4.69, 9.17) is 19.9 Å². The van der Waals surface area contributed by atoms with Crippen LogP contribution in [0.15, 0.2) is 24.3 Å². The third-order valence-corrected chi connectivity index (χ3v) is 8.21. The van der Waals surface area contributed by atoms with E-state index >= 15 is 0 Å². The summed E-state index contributed by atoms with van der Waals surface area (Å²) in [6, 6.07) is 0. The van der Waals surface area contributed by atoms with Crippen molar-refractivity contribution in [2.45, 2.75) is 193 Å². The number of esters is 2. The average Bonchev–Trinajstić information content (AvgIpc) is 3.05. The summed E-state index contributed by atoms with van der Waals surface area (Å²) in [4.78, 5) is 24.9. The lowest BCUT2D eigenvalue weighted by Crippen LogP contribution is -2.40. The number of ether oxygens (including phenoxy) is 3. The molecule has 0 aromatic carbocycles. The molecule has 0 bridgehead atoms. The van der Waals surface area contributed by atoms with E-state index in [9.17, 15) is 14.7 Å². The number of unbranched alkanes of at least 4 members (excludes halogenated alkanes) is 20. The van der Waals surface area contributed by atoms with Crippen LogP contribution in [0.25, 0.3) is 0 Å². The van der Waals surface area contributed by atoms with Crippen LogP contribution in [0, 0.1) is 0 Å². The van der Waals surface area contributed by atoms with E-state index < -0.39 is 30.9 Å². The van der Waals surface area contributed by atoms with Gasteiger partial charge in [0, 0.05) is 19.4 Å². The van der Waals surface area contributed by atoms with Gasteiger partial charge in [0.2, 0.25) is 6.29 Å². The topological polar surface area (TPSA) is 108 Å². The standard InChI is InChI=1S/C39H72NO6/c1-3-5-7-9-11-13-15-17-18-20-22-23-25-27-29-31-37(42)45-36(35-41)39(44-34-33-40)46-38(43)32-30-28-26-24-21-19-16-14-12-10-8-6-4-2/h11,13,17-18,36,39H,3-10,12,14-16,19-35,40H2,1-2H3/b13-11-,18-17-/t36-,39?/m1/s1. The Morgan fingerprint density at radius 3 is 1.46 bits per heavy atom. The van der Waals surface area contributed by atoms with Gasteiger partial charge in [-0.25, -0.2) is 5.11 Å².